The van der Waals surface area contributed by atoms with Crippen LogP contribution in [0, 0.1) is 0 Å². The van der Waals surface area contributed by atoms with E-state index in [0.717, 1.165) is 27.8 Å². The average Bonchev–Trinajstić information content (AvgIpc) is 3.12. The molecule has 5 atom stereocenters. The highest BCUT2D eigenvalue weighted by Gasteiger charge is 2.45. The van der Waals surface area contributed by atoms with Gasteiger partial charge in [0.2, 0.25) is 0 Å². The van der Waals surface area contributed by atoms with Gasteiger partial charge in [-0.25, -0.2) is 0 Å². The summed E-state index contributed by atoms with van der Waals surface area (Å²) in [6.45, 7) is 2.75. The lowest BCUT2D eigenvalue weighted by atomic mass is 9.78. The molecule has 0 N–H and O–H groups in total. The molecular weight excluding hydrogens is 644 g/mol. The van der Waals surface area contributed by atoms with Gasteiger partial charge in [0.15, 0.2) is 29.8 Å². The van der Waals surface area contributed by atoms with Crippen molar-refractivity contribution in [3.05, 3.63) is 101 Å². The highest BCUT2D eigenvalue weighted by atomic mass is 16.6. The van der Waals surface area contributed by atoms with E-state index in [9.17, 15) is 9.59 Å². The molecule has 6 rings (SSSR count). The van der Waals surface area contributed by atoms with Gasteiger partial charge in [-0.1, -0.05) is 24.3 Å². The van der Waals surface area contributed by atoms with E-state index < -0.39 is 42.3 Å². The first-order valence-electron chi connectivity index (χ1n) is 16.1. The summed E-state index contributed by atoms with van der Waals surface area (Å²) in [5, 5.41) is 0. The zero-order valence-corrected chi connectivity index (χ0v) is 29.0. The molecule has 50 heavy (non-hydrogen) atoms. The van der Waals surface area contributed by atoms with Gasteiger partial charge in [0, 0.05) is 49.1 Å². The van der Waals surface area contributed by atoms with Crippen LogP contribution in [0.2, 0.25) is 0 Å². The largest absolute Gasteiger partial charge is 0.497 e. The van der Waals surface area contributed by atoms with Crippen LogP contribution in [0.4, 0.5) is 0 Å². The number of methoxy groups -OCH3 is 5. The van der Waals surface area contributed by atoms with Gasteiger partial charge in [0.25, 0.3) is 0 Å². The number of benzene rings is 4. The molecule has 2 aliphatic rings. The topological polar surface area (TPSA) is 117 Å². The Morgan fingerprint density at radius 3 is 1.86 bits per heavy atom. The van der Waals surface area contributed by atoms with Crippen LogP contribution in [0.15, 0.2) is 72.8 Å². The number of hydrogen-bond donors (Lipinski definition) is 0. The molecule has 11 nitrogen and oxygen atoms in total. The summed E-state index contributed by atoms with van der Waals surface area (Å²) in [5.41, 5.74) is 3.82. The minimum Gasteiger partial charge on any atom is -0.497 e. The van der Waals surface area contributed by atoms with Gasteiger partial charge in [-0.05, 0) is 47.5 Å². The van der Waals surface area contributed by atoms with Crippen molar-refractivity contribution in [2.24, 2.45) is 0 Å². The van der Waals surface area contributed by atoms with Crippen molar-refractivity contribution in [2.45, 2.75) is 50.6 Å². The second-order valence-corrected chi connectivity index (χ2v) is 12.0. The number of ether oxygens (including phenoxy) is 9. The molecule has 2 heterocycles. The van der Waals surface area contributed by atoms with Crippen LogP contribution >= 0.6 is 0 Å². The van der Waals surface area contributed by atoms with E-state index in [2.05, 4.69) is 0 Å². The first-order valence-corrected chi connectivity index (χ1v) is 16.1. The van der Waals surface area contributed by atoms with Crippen LogP contribution in [0.1, 0.15) is 59.8 Å². The molecule has 0 aliphatic carbocycles. The van der Waals surface area contributed by atoms with Gasteiger partial charge in [-0.2, -0.15) is 0 Å². The second kappa shape index (κ2) is 14.5. The predicted octanol–water partition coefficient (Wildman–Crippen LogP) is 6.53. The van der Waals surface area contributed by atoms with Crippen molar-refractivity contribution in [1.82, 2.24) is 0 Å². The molecule has 0 saturated heterocycles. The highest BCUT2D eigenvalue weighted by molar-refractivity contribution is 5.68. The van der Waals surface area contributed by atoms with Crippen molar-refractivity contribution in [3.63, 3.8) is 0 Å². The summed E-state index contributed by atoms with van der Waals surface area (Å²) in [4.78, 5) is 25.1. The third-order valence-corrected chi connectivity index (χ3v) is 9.00. The maximum absolute atomic E-state index is 12.7. The van der Waals surface area contributed by atoms with E-state index in [4.69, 9.17) is 42.6 Å². The Morgan fingerprint density at radius 2 is 1.22 bits per heavy atom. The van der Waals surface area contributed by atoms with E-state index in [0.29, 0.717) is 46.7 Å². The Balaban J connectivity index is 1.49. The van der Waals surface area contributed by atoms with Crippen molar-refractivity contribution in [3.8, 4) is 40.2 Å². The number of carbonyl (C=O) groups excluding carboxylic acids is 2. The van der Waals surface area contributed by atoms with E-state index in [1.54, 1.807) is 41.6 Å². The molecule has 0 spiro atoms. The number of carbonyl (C=O) groups is 2. The molecule has 0 bridgehead atoms. The van der Waals surface area contributed by atoms with E-state index >= 15 is 0 Å². The minimum atomic E-state index is -0.804. The van der Waals surface area contributed by atoms with Crippen LogP contribution < -0.4 is 33.2 Å². The molecule has 11 heteroatoms. The van der Waals surface area contributed by atoms with Crippen LogP contribution in [0.25, 0.3) is 0 Å². The van der Waals surface area contributed by atoms with Crippen LogP contribution in [-0.4, -0.2) is 59.7 Å². The Hall–Kier alpha value is -5.58. The fraction of sp³-hybridized carbons (Fsp3) is 0.333. The number of hydrogen-bond acceptors (Lipinski definition) is 11. The predicted molar refractivity (Wildman–Crippen MR) is 182 cm³/mol. The minimum absolute atomic E-state index is 0.337. The molecular formula is C39H40O11. The Bertz CT molecular complexity index is 1870. The van der Waals surface area contributed by atoms with Crippen molar-refractivity contribution < 1.29 is 52.2 Å². The zero-order valence-electron chi connectivity index (χ0n) is 29.0. The molecule has 0 radical (unpaired) electrons. The fourth-order valence-corrected chi connectivity index (χ4v) is 6.75. The van der Waals surface area contributed by atoms with Crippen LogP contribution in [-0.2, 0) is 25.5 Å². The van der Waals surface area contributed by atoms with Gasteiger partial charge in [-0.3, -0.25) is 9.59 Å². The summed E-state index contributed by atoms with van der Waals surface area (Å²) >= 11 is 0. The lowest BCUT2D eigenvalue weighted by molar-refractivity contribution is -0.154. The molecule has 2 aliphatic heterocycles. The number of rotatable bonds is 10. The second-order valence-electron chi connectivity index (χ2n) is 12.0. The molecule has 0 fully saturated rings. The maximum atomic E-state index is 12.7. The zero-order chi connectivity index (χ0) is 35.5. The van der Waals surface area contributed by atoms with Crippen LogP contribution in [0.3, 0.4) is 0 Å². The van der Waals surface area contributed by atoms with Gasteiger partial charge in [0.1, 0.15) is 34.9 Å². The standard InChI is InChI=1S/C39H40O11/c1-21(40)47-35-18-25-16-29(32(45-6)20-31(25)49-37(35)24-10-15-30(44-5)34(17-24)46-7)36-28-14-13-27(43-4)19-33(28)50-38(39(36)48-22(2)41)23-8-11-26(42-3)12-9-23/h8-17,19-20,35-39H,18H2,1-7H3/t35-,36+,37-,38+,39-/m0/s1. The summed E-state index contributed by atoms with van der Waals surface area (Å²) in [7, 11) is 7.89. The van der Waals surface area contributed by atoms with Gasteiger partial charge in [-0.15, -0.1) is 0 Å². The monoisotopic (exact) mass is 684 g/mol. The van der Waals surface area contributed by atoms with Gasteiger partial charge < -0.3 is 42.6 Å². The Labute approximate surface area is 290 Å². The molecule has 4 aromatic rings. The Kier molecular flexibility index (Phi) is 9.94. The third-order valence-electron chi connectivity index (χ3n) is 9.00. The van der Waals surface area contributed by atoms with Gasteiger partial charge in [0.05, 0.1) is 41.5 Å². The summed E-state index contributed by atoms with van der Waals surface area (Å²) < 4.78 is 53.1. The highest BCUT2D eigenvalue weighted by Crippen LogP contribution is 2.52. The lowest BCUT2D eigenvalue weighted by Crippen LogP contribution is -2.39. The smallest absolute Gasteiger partial charge is 0.303 e. The van der Waals surface area contributed by atoms with E-state index in [-0.39, 0.29) is 0 Å². The molecule has 0 aromatic heterocycles. The lowest BCUT2D eigenvalue weighted by Gasteiger charge is -2.40. The Morgan fingerprint density at radius 1 is 0.580 bits per heavy atom. The summed E-state index contributed by atoms with van der Waals surface area (Å²) in [6, 6.07) is 22.3. The van der Waals surface area contributed by atoms with Crippen molar-refractivity contribution >= 4 is 11.9 Å². The first-order chi connectivity index (χ1) is 24.2. The van der Waals surface area contributed by atoms with Gasteiger partial charge >= 0.3 is 11.9 Å². The molecule has 262 valence electrons. The molecule has 0 saturated carbocycles. The average molecular weight is 685 g/mol. The summed E-state index contributed by atoms with van der Waals surface area (Å²) in [6.07, 6.45) is -2.48. The normalized spacial score (nSPS) is 20.5. The fourth-order valence-electron chi connectivity index (χ4n) is 6.75. The number of esters is 2. The first kappa shape index (κ1) is 34.3. The SMILES string of the molecule is COc1ccc([C@H]2Oc3cc(OC)ccc3[C@H](c3cc4c(cc3OC)O[C@@H](c3ccc(OC)c(OC)c3)[C@@H](OC(C)=O)C4)[C@@H]2OC(C)=O)cc1. The number of fused-ring (bicyclic) bond motifs is 2. The summed E-state index contributed by atoms with van der Waals surface area (Å²) in [5.74, 6) is 2.57. The quantitative estimate of drug-likeness (QED) is 0.170. The molecule has 0 amide bonds. The van der Waals surface area contributed by atoms with E-state index in [1.165, 1.54) is 13.8 Å². The van der Waals surface area contributed by atoms with E-state index in [1.807, 2.05) is 66.7 Å². The van der Waals surface area contributed by atoms with Crippen LogP contribution in [0.5, 0.6) is 40.2 Å². The maximum Gasteiger partial charge on any atom is 0.303 e. The molecule has 0 unspecified atom stereocenters. The van der Waals surface area contributed by atoms with Crippen molar-refractivity contribution in [2.75, 3.05) is 35.5 Å². The molecule has 4 aromatic carbocycles. The van der Waals surface area contributed by atoms with Crippen molar-refractivity contribution in [1.29, 1.82) is 0 Å². The third kappa shape index (κ3) is 6.67.